The summed E-state index contributed by atoms with van der Waals surface area (Å²) in [6.45, 7) is 8.90. The van der Waals surface area contributed by atoms with E-state index in [1.807, 2.05) is 0 Å². The molecule has 27 heavy (non-hydrogen) atoms. The molecule has 1 aliphatic rings. The molecule has 1 atom stereocenters. The van der Waals surface area contributed by atoms with E-state index in [1.54, 1.807) is 0 Å². The average Bonchev–Trinajstić information content (AvgIpc) is 2.69. The molecule has 2 aromatic carbocycles. The van der Waals surface area contributed by atoms with Gasteiger partial charge in [0.1, 0.15) is 0 Å². The lowest BCUT2D eigenvalue weighted by Gasteiger charge is -2.29. The third-order valence-electron chi connectivity index (χ3n) is 5.30. The summed E-state index contributed by atoms with van der Waals surface area (Å²) >= 11 is 5.49. The van der Waals surface area contributed by atoms with Crippen molar-refractivity contribution in [2.75, 3.05) is 23.3 Å². The van der Waals surface area contributed by atoms with Crippen molar-refractivity contribution in [3.8, 4) is 0 Å². The van der Waals surface area contributed by atoms with Gasteiger partial charge in [-0.05, 0) is 79.7 Å². The molecule has 144 valence electrons. The second-order valence-electron chi connectivity index (χ2n) is 7.74. The Hall–Kier alpha value is -2.07. The molecule has 0 aliphatic carbocycles. The highest BCUT2D eigenvalue weighted by Gasteiger charge is 2.12. The summed E-state index contributed by atoms with van der Waals surface area (Å²) in [5, 5.41) is 7.32. The fourth-order valence-electron chi connectivity index (χ4n) is 3.52. The molecular weight excluding hydrogens is 350 g/mol. The monoisotopic (exact) mass is 381 g/mol. The lowest BCUT2D eigenvalue weighted by molar-refractivity contribution is 0.577. The second kappa shape index (κ2) is 9.23. The Balaban J connectivity index is 1.54. The number of nitrogens with one attached hydrogen (secondary N) is 2. The van der Waals surface area contributed by atoms with Crippen LogP contribution in [0.3, 0.4) is 0 Å². The van der Waals surface area contributed by atoms with Gasteiger partial charge in [0.05, 0.1) is 6.04 Å². The normalized spacial score (nSPS) is 15.5. The van der Waals surface area contributed by atoms with Crippen LogP contribution in [0, 0.1) is 0 Å². The molecule has 0 radical (unpaired) electrons. The summed E-state index contributed by atoms with van der Waals surface area (Å²) < 4.78 is 0. The summed E-state index contributed by atoms with van der Waals surface area (Å²) in [7, 11) is 0. The van der Waals surface area contributed by atoms with E-state index in [-0.39, 0.29) is 6.04 Å². The minimum atomic E-state index is 0.162. The number of benzene rings is 2. The third-order valence-corrected chi connectivity index (χ3v) is 5.52. The quantitative estimate of drug-likeness (QED) is 0.636. The van der Waals surface area contributed by atoms with Crippen LogP contribution in [0.4, 0.5) is 11.4 Å². The van der Waals surface area contributed by atoms with Gasteiger partial charge < -0.3 is 15.5 Å². The van der Waals surface area contributed by atoms with Crippen LogP contribution in [0.15, 0.2) is 48.5 Å². The fourth-order valence-corrected chi connectivity index (χ4v) is 3.82. The predicted molar refractivity (Wildman–Crippen MR) is 121 cm³/mol. The van der Waals surface area contributed by atoms with Gasteiger partial charge in [-0.15, -0.1) is 0 Å². The third kappa shape index (κ3) is 5.46. The molecule has 3 nitrogen and oxygen atoms in total. The van der Waals surface area contributed by atoms with E-state index < -0.39 is 0 Å². The number of hydrogen-bond donors (Lipinski definition) is 2. The van der Waals surface area contributed by atoms with Crippen LogP contribution in [0.5, 0.6) is 0 Å². The molecule has 2 N–H and O–H groups in total. The van der Waals surface area contributed by atoms with Gasteiger partial charge in [-0.1, -0.05) is 38.1 Å². The Morgan fingerprint density at radius 1 is 0.852 bits per heavy atom. The zero-order chi connectivity index (χ0) is 19.2. The highest BCUT2D eigenvalue weighted by atomic mass is 32.1. The highest BCUT2D eigenvalue weighted by molar-refractivity contribution is 7.80. The molecule has 1 saturated heterocycles. The van der Waals surface area contributed by atoms with Crippen molar-refractivity contribution in [1.29, 1.82) is 0 Å². The Morgan fingerprint density at radius 3 is 2.04 bits per heavy atom. The minimum Gasteiger partial charge on any atom is -0.372 e. The summed E-state index contributed by atoms with van der Waals surface area (Å²) in [4.78, 5) is 2.48. The number of hydrogen-bond acceptors (Lipinski definition) is 2. The minimum absolute atomic E-state index is 0.162. The molecule has 0 spiro atoms. The lowest BCUT2D eigenvalue weighted by atomic mass is 10.0. The summed E-state index contributed by atoms with van der Waals surface area (Å²) in [6, 6.07) is 17.5. The molecule has 1 heterocycles. The Morgan fingerprint density at radius 2 is 1.44 bits per heavy atom. The van der Waals surface area contributed by atoms with E-state index in [1.165, 1.54) is 49.2 Å². The molecule has 2 aromatic rings. The van der Waals surface area contributed by atoms with E-state index in [9.17, 15) is 0 Å². The average molecular weight is 382 g/mol. The van der Waals surface area contributed by atoms with Crippen molar-refractivity contribution in [2.45, 2.75) is 52.0 Å². The van der Waals surface area contributed by atoms with Crippen LogP contribution in [-0.4, -0.2) is 18.2 Å². The van der Waals surface area contributed by atoms with E-state index in [2.05, 4.69) is 84.8 Å². The van der Waals surface area contributed by atoms with Crippen molar-refractivity contribution in [3.63, 3.8) is 0 Å². The van der Waals surface area contributed by atoms with Crippen molar-refractivity contribution >= 4 is 28.7 Å². The molecular formula is C23H31N3S. The molecule has 0 aromatic heterocycles. The summed E-state index contributed by atoms with van der Waals surface area (Å²) in [5.74, 6) is 0.539. The first-order valence-electron chi connectivity index (χ1n) is 10.1. The highest BCUT2D eigenvalue weighted by Crippen LogP contribution is 2.23. The first-order valence-corrected chi connectivity index (χ1v) is 10.5. The Bertz CT molecular complexity index is 731. The first-order chi connectivity index (χ1) is 13.0. The Labute approximate surface area is 169 Å². The number of piperidine rings is 1. The lowest BCUT2D eigenvalue weighted by Crippen LogP contribution is -2.31. The number of thiocarbonyl (C=S) groups is 1. The van der Waals surface area contributed by atoms with Crippen LogP contribution in [0.2, 0.25) is 0 Å². The Kier molecular flexibility index (Phi) is 6.73. The maximum absolute atomic E-state index is 5.49. The molecule has 0 saturated carbocycles. The van der Waals surface area contributed by atoms with Gasteiger partial charge in [0.2, 0.25) is 0 Å². The van der Waals surface area contributed by atoms with Crippen molar-refractivity contribution < 1.29 is 0 Å². The van der Waals surface area contributed by atoms with E-state index in [0.717, 1.165) is 5.69 Å². The second-order valence-corrected chi connectivity index (χ2v) is 8.14. The molecule has 1 fully saturated rings. The predicted octanol–water partition coefficient (Wildman–Crippen LogP) is 5.85. The largest absolute Gasteiger partial charge is 0.372 e. The standard InChI is InChI=1S/C23H31N3S/c1-17(2)19-7-11-21(12-8-19)25-23(27)24-18(3)20-9-13-22(14-10-20)26-15-5-4-6-16-26/h7-14,17-18H,4-6,15-16H2,1-3H3,(H2,24,25,27)/t18-/m0/s1. The summed E-state index contributed by atoms with van der Waals surface area (Å²) in [6.07, 6.45) is 3.97. The molecule has 0 unspecified atom stereocenters. The summed E-state index contributed by atoms with van der Waals surface area (Å²) in [5.41, 5.74) is 4.93. The van der Waals surface area contributed by atoms with Crippen molar-refractivity contribution in [1.82, 2.24) is 5.32 Å². The van der Waals surface area contributed by atoms with Crippen molar-refractivity contribution in [2.24, 2.45) is 0 Å². The number of nitrogens with zero attached hydrogens (tertiary/aromatic N) is 1. The van der Waals surface area contributed by atoms with Gasteiger partial charge in [-0.3, -0.25) is 0 Å². The molecule has 1 aliphatic heterocycles. The van der Waals surface area contributed by atoms with Gasteiger partial charge in [-0.2, -0.15) is 0 Å². The van der Waals surface area contributed by atoms with E-state index in [4.69, 9.17) is 12.2 Å². The van der Waals surface area contributed by atoms with Crippen LogP contribution >= 0.6 is 12.2 Å². The van der Waals surface area contributed by atoms with Crippen LogP contribution < -0.4 is 15.5 Å². The zero-order valence-corrected chi connectivity index (χ0v) is 17.5. The fraction of sp³-hybridized carbons (Fsp3) is 0.435. The molecule has 4 heteroatoms. The van der Waals surface area contributed by atoms with Gasteiger partial charge in [0.15, 0.2) is 5.11 Å². The molecule has 3 rings (SSSR count). The van der Waals surface area contributed by atoms with E-state index in [0.29, 0.717) is 11.0 Å². The maximum Gasteiger partial charge on any atom is 0.171 e. The zero-order valence-electron chi connectivity index (χ0n) is 16.7. The van der Waals surface area contributed by atoms with Crippen LogP contribution in [0.25, 0.3) is 0 Å². The first kappa shape index (κ1) is 19.7. The smallest absolute Gasteiger partial charge is 0.171 e. The van der Waals surface area contributed by atoms with Gasteiger partial charge in [0.25, 0.3) is 0 Å². The van der Waals surface area contributed by atoms with Crippen LogP contribution in [0.1, 0.15) is 63.1 Å². The number of anilines is 2. The van der Waals surface area contributed by atoms with E-state index >= 15 is 0 Å². The van der Waals surface area contributed by atoms with Crippen LogP contribution in [-0.2, 0) is 0 Å². The van der Waals surface area contributed by atoms with Crippen molar-refractivity contribution in [3.05, 3.63) is 59.7 Å². The SMILES string of the molecule is CC(C)c1ccc(NC(=S)N[C@@H](C)c2ccc(N3CCCCC3)cc2)cc1. The number of rotatable bonds is 5. The van der Waals surface area contributed by atoms with Gasteiger partial charge in [0, 0.05) is 24.5 Å². The molecule has 0 amide bonds. The molecule has 0 bridgehead atoms. The van der Waals surface area contributed by atoms with Gasteiger partial charge in [-0.25, -0.2) is 0 Å². The maximum atomic E-state index is 5.49. The topological polar surface area (TPSA) is 27.3 Å². The van der Waals surface area contributed by atoms with Gasteiger partial charge >= 0.3 is 0 Å².